The van der Waals surface area contributed by atoms with E-state index in [1.165, 1.54) is 0 Å². The van der Waals surface area contributed by atoms with Gasteiger partial charge >= 0.3 is 5.69 Å². The van der Waals surface area contributed by atoms with Crippen molar-refractivity contribution in [1.29, 1.82) is 5.26 Å². The highest BCUT2D eigenvalue weighted by Gasteiger charge is 2.11. The normalized spacial score (nSPS) is 9.96. The van der Waals surface area contributed by atoms with E-state index in [2.05, 4.69) is 10.0 Å². The fraction of sp³-hybridized carbons (Fsp3) is 0.267. The number of benzene rings is 1. The van der Waals surface area contributed by atoms with Gasteiger partial charge in [0.2, 0.25) is 0 Å². The largest absolute Gasteiger partial charge is 0.332 e. The second-order valence-electron chi connectivity index (χ2n) is 5.14. The van der Waals surface area contributed by atoms with Crippen LogP contribution >= 0.6 is 0 Å². The molecule has 0 aliphatic carbocycles. The van der Waals surface area contributed by atoms with Gasteiger partial charge < -0.3 is 0 Å². The van der Waals surface area contributed by atoms with Crippen molar-refractivity contribution in [1.82, 2.24) is 9.13 Å². The molecule has 2 aromatic rings. The maximum absolute atomic E-state index is 12.4. The van der Waals surface area contributed by atoms with Crippen molar-refractivity contribution < 1.29 is 0 Å². The van der Waals surface area contributed by atoms with Gasteiger partial charge in [0.15, 0.2) is 0 Å². The van der Waals surface area contributed by atoms with E-state index in [1.807, 2.05) is 38.1 Å². The van der Waals surface area contributed by atoms with Crippen molar-refractivity contribution in [2.24, 2.45) is 5.11 Å². The molecular weight excluding hydrogens is 296 g/mol. The molecule has 0 aliphatic heterocycles. The average Bonchev–Trinajstić information content (AvgIpc) is 2.47. The molecule has 1 aromatic carbocycles. The van der Waals surface area contributed by atoms with Crippen LogP contribution in [0, 0.1) is 25.2 Å². The van der Waals surface area contributed by atoms with E-state index in [-0.39, 0.29) is 18.9 Å². The summed E-state index contributed by atoms with van der Waals surface area (Å²) >= 11 is 0. The van der Waals surface area contributed by atoms with Crippen LogP contribution in [0.3, 0.4) is 0 Å². The van der Waals surface area contributed by atoms with Gasteiger partial charge in [-0.3, -0.25) is 13.9 Å². The Labute approximate surface area is 131 Å². The third-order valence-corrected chi connectivity index (χ3v) is 3.26. The number of nitriles is 1. The molecule has 0 atom stereocenters. The van der Waals surface area contributed by atoms with Crippen LogP contribution in [-0.4, -0.2) is 9.13 Å². The maximum atomic E-state index is 12.4. The van der Waals surface area contributed by atoms with E-state index in [0.717, 1.165) is 31.9 Å². The summed E-state index contributed by atoms with van der Waals surface area (Å²) in [5, 5.41) is 12.1. The fourth-order valence-corrected chi connectivity index (χ4v) is 2.44. The highest BCUT2D eigenvalue weighted by molar-refractivity contribution is 5.30. The third kappa shape index (κ3) is 3.48. The first-order valence-corrected chi connectivity index (χ1v) is 6.80. The Morgan fingerprint density at radius 3 is 2.39 bits per heavy atom. The Morgan fingerprint density at radius 2 is 1.83 bits per heavy atom. The average molecular weight is 310 g/mol. The molecule has 0 radical (unpaired) electrons. The highest BCUT2D eigenvalue weighted by Crippen LogP contribution is 2.10. The summed E-state index contributed by atoms with van der Waals surface area (Å²) < 4.78 is 1.99. The van der Waals surface area contributed by atoms with Crippen LogP contribution in [0.2, 0.25) is 0 Å². The molecule has 0 saturated heterocycles. The predicted molar refractivity (Wildman–Crippen MR) is 84.4 cm³/mol. The molecule has 0 amide bonds. The number of hydrogen-bond donors (Lipinski definition) is 0. The van der Waals surface area contributed by atoms with Gasteiger partial charge in [0, 0.05) is 11.0 Å². The third-order valence-electron chi connectivity index (χ3n) is 3.26. The van der Waals surface area contributed by atoms with Crippen molar-refractivity contribution in [2.75, 3.05) is 0 Å². The molecule has 116 valence electrons. The van der Waals surface area contributed by atoms with Gasteiger partial charge in [-0.25, -0.2) is 4.79 Å². The number of aromatic nitrogens is 2. The number of rotatable bonds is 4. The Hall–Kier alpha value is -3.30. The zero-order chi connectivity index (χ0) is 17.0. The summed E-state index contributed by atoms with van der Waals surface area (Å²) in [6.07, 6.45) is 0. The number of azide groups is 1. The Balaban J connectivity index is 2.61. The lowest BCUT2D eigenvalue weighted by Crippen LogP contribution is -2.39. The molecule has 0 spiro atoms. The lowest BCUT2D eigenvalue weighted by Gasteiger charge is -2.11. The lowest BCUT2D eigenvalue weighted by atomic mass is 10.1. The van der Waals surface area contributed by atoms with Crippen LogP contribution < -0.4 is 11.2 Å². The zero-order valence-corrected chi connectivity index (χ0v) is 12.7. The van der Waals surface area contributed by atoms with E-state index in [1.54, 1.807) is 0 Å². The maximum Gasteiger partial charge on any atom is 0.332 e. The number of nitrogens with zero attached hydrogens (tertiary/aromatic N) is 6. The topological polar surface area (TPSA) is 117 Å². The van der Waals surface area contributed by atoms with Crippen LogP contribution in [0.25, 0.3) is 10.4 Å². The van der Waals surface area contributed by atoms with Gasteiger partial charge in [-0.2, -0.15) is 5.26 Å². The minimum absolute atomic E-state index is 0.0855. The molecule has 8 nitrogen and oxygen atoms in total. The number of hydrogen-bond acceptors (Lipinski definition) is 4. The van der Waals surface area contributed by atoms with Crippen LogP contribution in [0.4, 0.5) is 5.82 Å². The predicted octanol–water partition coefficient (Wildman–Crippen LogP) is 2.14. The van der Waals surface area contributed by atoms with Crippen LogP contribution in [0.15, 0.2) is 39.0 Å². The van der Waals surface area contributed by atoms with E-state index in [0.29, 0.717) is 0 Å². The summed E-state index contributed by atoms with van der Waals surface area (Å²) in [4.78, 5) is 27.2. The van der Waals surface area contributed by atoms with E-state index in [9.17, 15) is 9.59 Å². The van der Waals surface area contributed by atoms with Crippen molar-refractivity contribution >= 4 is 5.82 Å². The Kier molecular flexibility index (Phi) is 4.64. The molecule has 0 fully saturated rings. The minimum atomic E-state index is -0.680. The highest BCUT2D eigenvalue weighted by atomic mass is 16.2. The summed E-state index contributed by atoms with van der Waals surface area (Å²) in [5.41, 5.74) is 10.1. The Morgan fingerprint density at radius 1 is 1.17 bits per heavy atom. The van der Waals surface area contributed by atoms with Crippen LogP contribution in [0.1, 0.15) is 16.7 Å². The quantitative estimate of drug-likeness (QED) is 0.489. The monoisotopic (exact) mass is 310 g/mol. The summed E-state index contributed by atoms with van der Waals surface area (Å²) in [7, 11) is 0. The first kappa shape index (κ1) is 16.1. The molecule has 23 heavy (non-hydrogen) atoms. The second-order valence-corrected chi connectivity index (χ2v) is 5.14. The molecule has 0 bridgehead atoms. The SMILES string of the molecule is Cc1cc(C)cc(Cn2c(=O)cc(N=[N+]=[N-])n(CC#N)c2=O)c1. The molecule has 8 heteroatoms. The van der Waals surface area contributed by atoms with Crippen molar-refractivity contribution in [2.45, 2.75) is 26.9 Å². The van der Waals surface area contributed by atoms with Gasteiger partial charge in [-0.1, -0.05) is 29.3 Å². The molecular formula is C15H14N6O2. The van der Waals surface area contributed by atoms with Gasteiger partial charge in [0.1, 0.15) is 12.4 Å². The first-order valence-electron chi connectivity index (χ1n) is 6.80. The molecule has 0 unspecified atom stereocenters. The van der Waals surface area contributed by atoms with Crippen LogP contribution in [0.5, 0.6) is 0 Å². The van der Waals surface area contributed by atoms with Crippen molar-refractivity contribution in [3.8, 4) is 6.07 Å². The van der Waals surface area contributed by atoms with Crippen molar-refractivity contribution in [3.63, 3.8) is 0 Å². The fourth-order valence-electron chi connectivity index (χ4n) is 2.44. The molecule has 0 aliphatic rings. The Bertz CT molecular complexity index is 937. The second kappa shape index (κ2) is 6.64. The first-order chi connectivity index (χ1) is 11.0. The molecule has 1 aromatic heterocycles. The standard InChI is InChI=1S/C15H14N6O2/c1-10-5-11(2)7-12(6-10)9-21-14(22)8-13(18-19-17)20(4-3-16)15(21)23/h5-8H,4,9H2,1-2H3. The summed E-state index contributed by atoms with van der Waals surface area (Å²) in [6.45, 7) is 3.64. The lowest BCUT2D eigenvalue weighted by molar-refractivity contribution is 0.623. The van der Waals surface area contributed by atoms with E-state index < -0.39 is 11.2 Å². The molecule has 0 saturated carbocycles. The van der Waals surface area contributed by atoms with E-state index in [4.69, 9.17) is 10.8 Å². The summed E-state index contributed by atoms with van der Waals surface area (Å²) in [5.74, 6) is -0.166. The van der Waals surface area contributed by atoms with Gasteiger partial charge in [-0.15, -0.1) is 0 Å². The molecule has 1 heterocycles. The molecule has 2 rings (SSSR count). The van der Waals surface area contributed by atoms with Crippen molar-refractivity contribution in [3.05, 3.63) is 72.2 Å². The van der Waals surface area contributed by atoms with Crippen LogP contribution in [-0.2, 0) is 13.1 Å². The zero-order valence-electron chi connectivity index (χ0n) is 12.7. The number of aryl methyl sites for hydroxylation is 2. The van der Waals surface area contributed by atoms with Gasteiger partial charge in [0.05, 0.1) is 12.6 Å². The minimum Gasteiger partial charge on any atom is -0.277 e. The van der Waals surface area contributed by atoms with Gasteiger partial charge in [0.25, 0.3) is 5.56 Å². The smallest absolute Gasteiger partial charge is 0.277 e. The van der Waals surface area contributed by atoms with E-state index >= 15 is 0 Å². The van der Waals surface area contributed by atoms with Gasteiger partial charge in [-0.05, 0) is 30.1 Å². The molecule has 0 N–H and O–H groups in total. The summed E-state index contributed by atoms with van der Waals surface area (Å²) in [6, 6.07) is 8.63.